The smallest absolute Gasteiger partial charge is 0.0105 e. The lowest BCUT2D eigenvalue weighted by molar-refractivity contribution is 1.54. The summed E-state index contributed by atoms with van der Waals surface area (Å²) in [6.45, 7) is 15.0. The Balaban J connectivity index is 3.68. The van der Waals surface area contributed by atoms with Gasteiger partial charge in [0.05, 0.1) is 0 Å². The van der Waals surface area contributed by atoms with Crippen molar-refractivity contribution < 1.29 is 0 Å². The van der Waals surface area contributed by atoms with Gasteiger partial charge in [0.1, 0.15) is 0 Å². The second-order valence-electron chi connectivity index (χ2n) is 4.84. The molecule has 0 bridgehead atoms. The van der Waals surface area contributed by atoms with E-state index in [4.69, 9.17) is 0 Å². The van der Waals surface area contributed by atoms with E-state index in [-0.39, 0.29) is 0 Å². The number of hydrogen-bond donors (Lipinski definition) is 0. The Morgan fingerprint density at radius 1 is 0.667 bits per heavy atom. The average Bonchev–Trinajstić information content (AvgIpc) is 2.62. The molecular weight excluding hydrogens is 288 g/mol. The van der Waals surface area contributed by atoms with Crippen molar-refractivity contribution in [3.8, 4) is 0 Å². The van der Waals surface area contributed by atoms with Crippen LogP contribution in [0.4, 0.5) is 0 Å². The summed E-state index contributed by atoms with van der Waals surface area (Å²) in [7, 11) is 0. The Morgan fingerprint density at radius 3 is 1.79 bits per heavy atom. The molecule has 1 aromatic rings. The van der Waals surface area contributed by atoms with Crippen molar-refractivity contribution in [3.63, 3.8) is 0 Å². The van der Waals surface area contributed by atoms with Crippen molar-refractivity contribution >= 4 is 11.6 Å². The van der Waals surface area contributed by atoms with Gasteiger partial charge in [-0.25, -0.2) is 0 Å². The molecule has 0 heteroatoms. The van der Waals surface area contributed by atoms with Crippen LogP contribution < -0.4 is 0 Å². The third-order valence-corrected chi connectivity index (χ3v) is 3.20. The van der Waals surface area contributed by atoms with Crippen molar-refractivity contribution in [1.82, 2.24) is 0 Å². The summed E-state index contributed by atoms with van der Waals surface area (Å²) in [5, 5.41) is 0. The minimum absolute atomic E-state index is 1.06. The second kappa shape index (κ2) is 11.4. The SMILES string of the molecule is C=CC=CC(C=CC=C)=C(C=CC=C)c1ccccc1C=CC=C. The lowest BCUT2D eigenvalue weighted by Crippen LogP contribution is -1.90. The fourth-order valence-corrected chi connectivity index (χ4v) is 2.14. The van der Waals surface area contributed by atoms with Gasteiger partial charge in [0.25, 0.3) is 0 Å². The Morgan fingerprint density at radius 2 is 1.21 bits per heavy atom. The van der Waals surface area contributed by atoms with Gasteiger partial charge in [-0.05, 0) is 22.3 Å². The van der Waals surface area contributed by atoms with E-state index < -0.39 is 0 Å². The van der Waals surface area contributed by atoms with Crippen LogP contribution in [-0.2, 0) is 0 Å². The zero-order valence-electron chi connectivity index (χ0n) is 14.1. The molecule has 1 aromatic carbocycles. The summed E-state index contributed by atoms with van der Waals surface area (Å²) in [5.41, 5.74) is 4.41. The predicted molar refractivity (Wildman–Crippen MR) is 111 cm³/mol. The lowest BCUT2D eigenvalue weighted by Gasteiger charge is -2.11. The third-order valence-electron chi connectivity index (χ3n) is 3.20. The van der Waals surface area contributed by atoms with Crippen LogP contribution in [0.3, 0.4) is 0 Å². The zero-order chi connectivity index (χ0) is 17.6. The molecule has 0 saturated heterocycles. The third kappa shape index (κ3) is 5.94. The summed E-state index contributed by atoms with van der Waals surface area (Å²) < 4.78 is 0. The first kappa shape index (κ1) is 18.9. The van der Waals surface area contributed by atoms with Gasteiger partial charge in [-0.3, -0.25) is 0 Å². The molecule has 1 rings (SSSR count). The van der Waals surface area contributed by atoms with Crippen LogP contribution in [0.25, 0.3) is 11.6 Å². The van der Waals surface area contributed by atoms with Gasteiger partial charge < -0.3 is 0 Å². The highest BCUT2D eigenvalue weighted by molar-refractivity contribution is 5.85. The lowest BCUT2D eigenvalue weighted by atomic mass is 9.94. The van der Waals surface area contributed by atoms with Crippen LogP contribution in [0.15, 0.2) is 123 Å². The second-order valence-corrected chi connectivity index (χ2v) is 4.84. The molecule has 0 fully saturated rings. The van der Waals surface area contributed by atoms with Gasteiger partial charge >= 0.3 is 0 Å². The summed E-state index contributed by atoms with van der Waals surface area (Å²) in [6, 6.07) is 8.26. The molecule has 0 nitrogen and oxygen atoms in total. The first-order valence-corrected chi connectivity index (χ1v) is 7.78. The molecule has 0 radical (unpaired) electrons. The summed E-state index contributed by atoms with van der Waals surface area (Å²) in [5.74, 6) is 0. The highest BCUT2D eigenvalue weighted by Crippen LogP contribution is 2.27. The van der Waals surface area contributed by atoms with Crippen molar-refractivity contribution in [2.45, 2.75) is 0 Å². The highest BCUT2D eigenvalue weighted by Gasteiger charge is 2.06. The van der Waals surface area contributed by atoms with Crippen LogP contribution in [0.2, 0.25) is 0 Å². The molecule has 0 unspecified atom stereocenters. The van der Waals surface area contributed by atoms with E-state index in [1.54, 1.807) is 24.3 Å². The molecule has 0 amide bonds. The molecule has 0 spiro atoms. The van der Waals surface area contributed by atoms with Crippen LogP contribution in [0.5, 0.6) is 0 Å². The molecule has 0 heterocycles. The molecule has 0 aliphatic carbocycles. The summed E-state index contributed by atoms with van der Waals surface area (Å²) in [6.07, 6.45) is 23.0. The van der Waals surface area contributed by atoms with Crippen LogP contribution in [0.1, 0.15) is 11.1 Å². The molecule has 0 saturated carbocycles. The van der Waals surface area contributed by atoms with Gasteiger partial charge in [0.2, 0.25) is 0 Å². The standard InChI is InChI=1S/C24H24/c1-5-9-15-21(16-10-6-2)23(19-12-8-4)24-20-14-13-18-22(24)17-11-7-3/h5-20H,1-4H2. The van der Waals surface area contributed by atoms with Crippen molar-refractivity contribution in [1.29, 1.82) is 0 Å². The first-order valence-electron chi connectivity index (χ1n) is 7.78. The normalized spacial score (nSPS) is 11.3. The van der Waals surface area contributed by atoms with E-state index in [2.05, 4.69) is 50.6 Å². The van der Waals surface area contributed by atoms with Gasteiger partial charge in [0, 0.05) is 0 Å². The van der Waals surface area contributed by atoms with Gasteiger partial charge in [0.15, 0.2) is 0 Å². The largest absolute Gasteiger partial charge is 0.0991 e. The summed E-state index contributed by atoms with van der Waals surface area (Å²) >= 11 is 0. The van der Waals surface area contributed by atoms with Crippen LogP contribution in [-0.4, -0.2) is 0 Å². The Labute approximate surface area is 146 Å². The molecule has 0 aromatic heterocycles. The van der Waals surface area contributed by atoms with E-state index in [9.17, 15) is 0 Å². The maximum absolute atomic E-state index is 3.78. The van der Waals surface area contributed by atoms with Crippen molar-refractivity contribution in [2.75, 3.05) is 0 Å². The maximum atomic E-state index is 3.78. The highest BCUT2D eigenvalue weighted by atomic mass is 14.1. The number of hydrogen-bond acceptors (Lipinski definition) is 0. The molecule has 0 atom stereocenters. The molecule has 0 N–H and O–H groups in total. The fourth-order valence-electron chi connectivity index (χ4n) is 2.14. The minimum Gasteiger partial charge on any atom is -0.0991 e. The number of allylic oxidation sites excluding steroid dienone is 13. The minimum atomic E-state index is 1.06. The molecule has 24 heavy (non-hydrogen) atoms. The topological polar surface area (TPSA) is 0 Å². The van der Waals surface area contributed by atoms with Crippen LogP contribution in [0, 0.1) is 0 Å². The molecule has 0 aliphatic rings. The van der Waals surface area contributed by atoms with E-state index in [1.165, 1.54) is 0 Å². The Hall–Kier alpha value is -3.12. The quantitative estimate of drug-likeness (QED) is 0.437. The van der Waals surface area contributed by atoms with Gasteiger partial charge in [-0.1, -0.05) is 123 Å². The van der Waals surface area contributed by atoms with E-state index in [1.807, 2.05) is 48.6 Å². The average molecular weight is 312 g/mol. The molecule has 120 valence electrons. The van der Waals surface area contributed by atoms with Gasteiger partial charge in [-0.2, -0.15) is 0 Å². The fraction of sp³-hybridized carbons (Fsp3) is 0. The van der Waals surface area contributed by atoms with E-state index >= 15 is 0 Å². The number of benzene rings is 1. The van der Waals surface area contributed by atoms with Crippen LogP contribution >= 0.6 is 0 Å². The van der Waals surface area contributed by atoms with Gasteiger partial charge in [-0.15, -0.1) is 0 Å². The molecule has 0 aliphatic heterocycles. The Bertz CT molecular complexity index is 711. The summed E-state index contributed by atoms with van der Waals surface area (Å²) in [4.78, 5) is 0. The maximum Gasteiger partial charge on any atom is -0.0105 e. The molecular formula is C24H24. The van der Waals surface area contributed by atoms with Crippen molar-refractivity contribution in [2.24, 2.45) is 0 Å². The first-order chi connectivity index (χ1) is 11.8. The predicted octanol–water partition coefficient (Wildman–Crippen LogP) is 6.87. The van der Waals surface area contributed by atoms with Crippen molar-refractivity contribution in [3.05, 3.63) is 134 Å². The Kier molecular flexibility index (Phi) is 9.03. The monoisotopic (exact) mass is 312 g/mol. The van der Waals surface area contributed by atoms with E-state index in [0.717, 1.165) is 22.3 Å². The zero-order valence-corrected chi connectivity index (χ0v) is 14.1. The number of rotatable bonds is 9. The van der Waals surface area contributed by atoms with E-state index in [0.29, 0.717) is 0 Å².